The highest BCUT2D eigenvalue weighted by Crippen LogP contribution is 2.53. The summed E-state index contributed by atoms with van der Waals surface area (Å²) in [7, 11) is -3.47. The third-order valence-electron chi connectivity index (χ3n) is 5.96. The number of aliphatic hydroxyl groups is 1. The van der Waals surface area contributed by atoms with Crippen molar-refractivity contribution in [2.24, 2.45) is 5.41 Å². The normalized spacial score (nSPS) is 16.8. The van der Waals surface area contributed by atoms with Crippen LogP contribution in [0.5, 0.6) is 0 Å². The molecular weight excluding hydrogens is 388 g/mol. The maximum Gasteiger partial charge on any atom is 0.245 e. The van der Waals surface area contributed by atoms with Gasteiger partial charge in [0.25, 0.3) is 0 Å². The Morgan fingerprint density at radius 3 is 2.34 bits per heavy atom. The van der Waals surface area contributed by atoms with Gasteiger partial charge in [-0.05, 0) is 49.8 Å². The minimum absolute atomic E-state index is 0.0190. The largest absolute Gasteiger partial charge is 0.388 e. The second-order valence-corrected chi connectivity index (χ2v) is 10.1. The highest BCUT2D eigenvalue weighted by atomic mass is 32.2. The molecule has 0 radical (unpaired) electrons. The molecule has 1 unspecified atom stereocenters. The molecule has 1 saturated carbocycles. The topological polar surface area (TPSA) is 86.7 Å². The van der Waals surface area contributed by atoms with E-state index in [2.05, 4.69) is 12.3 Å². The van der Waals surface area contributed by atoms with Gasteiger partial charge in [0.2, 0.25) is 10.0 Å². The monoisotopic (exact) mass is 424 g/mol. The SMILES string of the molecule is CCCC1(C(O)c2ccc(N(NCCCCCCC=O)S(C)(=O)=O)cc2)CCC1. The number of sulfonamides is 1. The number of aldehydes is 1. The maximum atomic E-state index is 12.2. The third kappa shape index (κ3) is 6.52. The van der Waals surface area contributed by atoms with Gasteiger partial charge < -0.3 is 9.90 Å². The zero-order chi connectivity index (χ0) is 21.3. The first kappa shape index (κ1) is 23.8. The van der Waals surface area contributed by atoms with E-state index in [4.69, 9.17) is 0 Å². The fourth-order valence-electron chi connectivity index (χ4n) is 4.22. The van der Waals surface area contributed by atoms with Crippen LogP contribution in [0.25, 0.3) is 0 Å². The number of hydrogen-bond acceptors (Lipinski definition) is 5. The highest BCUT2D eigenvalue weighted by molar-refractivity contribution is 7.92. The molecule has 0 aliphatic heterocycles. The molecule has 1 aliphatic rings. The van der Waals surface area contributed by atoms with Crippen molar-refractivity contribution >= 4 is 22.0 Å². The Bertz CT molecular complexity index is 730. The molecule has 6 nitrogen and oxygen atoms in total. The van der Waals surface area contributed by atoms with Gasteiger partial charge in [-0.1, -0.05) is 44.7 Å². The maximum absolute atomic E-state index is 12.2. The second kappa shape index (κ2) is 11.1. The Balaban J connectivity index is 1.98. The van der Waals surface area contributed by atoms with Gasteiger partial charge in [0.15, 0.2) is 0 Å². The van der Waals surface area contributed by atoms with Gasteiger partial charge in [-0.15, -0.1) is 0 Å². The number of benzene rings is 1. The van der Waals surface area contributed by atoms with Gasteiger partial charge in [0.05, 0.1) is 18.0 Å². The summed E-state index contributed by atoms with van der Waals surface area (Å²) in [5.41, 5.74) is 4.38. The molecule has 0 bridgehead atoms. The molecule has 0 spiro atoms. The standard InChI is InChI=1S/C22H36N2O4S/c1-3-14-22(15-9-16-22)21(26)19-10-12-20(13-11-19)24(29(2,27)28)23-17-7-5-4-6-8-18-25/h10-13,18,21,23,26H,3-9,14-17H2,1-2H3. The van der Waals surface area contributed by atoms with E-state index in [1.165, 1.54) is 10.7 Å². The lowest BCUT2D eigenvalue weighted by Gasteiger charge is -2.46. The Labute approximate surface area is 175 Å². The summed E-state index contributed by atoms with van der Waals surface area (Å²) in [6, 6.07) is 7.20. The first-order valence-corrected chi connectivity index (χ1v) is 12.6. The third-order valence-corrected chi connectivity index (χ3v) is 6.96. The number of nitrogens with zero attached hydrogens (tertiary/aromatic N) is 1. The van der Waals surface area contributed by atoms with Crippen molar-refractivity contribution in [1.29, 1.82) is 0 Å². The van der Waals surface area contributed by atoms with Crippen molar-refractivity contribution in [2.45, 2.75) is 77.2 Å². The lowest BCUT2D eigenvalue weighted by Crippen LogP contribution is -2.43. The molecule has 2 N–H and O–H groups in total. The van der Waals surface area contributed by atoms with Crippen LogP contribution < -0.4 is 9.84 Å². The van der Waals surface area contributed by atoms with Crippen LogP contribution in [0, 0.1) is 5.41 Å². The first-order valence-electron chi connectivity index (χ1n) is 10.8. The molecule has 7 heteroatoms. The molecule has 1 fully saturated rings. The molecule has 164 valence electrons. The molecule has 1 aliphatic carbocycles. The Morgan fingerprint density at radius 2 is 1.83 bits per heavy atom. The summed E-state index contributed by atoms with van der Waals surface area (Å²) in [5, 5.41) is 10.9. The van der Waals surface area contributed by atoms with Crippen molar-refractivity contribution < 1.29 is 18.3 Å². The van der Waals surface area contributed by atoms with Gasteiger partial charge in [0.1, 0.15) is 6.29 Å². The second-order valence-electron chi connectivity index (χ2n) is 8.27. The van der Waals surface area contributed by atoms with Crippen molar-refractivity contribution in [2.75, 3.05) is 17.2 Å². The number of carbonyl (C=O) groups excluding carboxylic acids is 1. The summed E-state index contributed by atoms with van der Waals surface area (Å²) in [6.45, 7) is 2.69. The highest BCUT2D eigenvalue weighted by Gasteiger charge is 2.43. The number of carbonyl (C=O) groups is 1. The van der Waals surface area contributed by atoms with Gasteiger partial charge >= 0.3 is 0 Å². The van der Waals surface area contributed by atoms with Crippen molar-refractivity contribution in [3.05, 3.63) is 29.8 Å². The molecule has 1 atom stereocenters. The molecular formula is C22H36N2O4S. The molecule has 29 heavy (non-hydrogen) atoms. The van der Waals surface area contributed by atoms with E-state index in [-0.39, 0.29) is 5.41 Å². The molecule has 0 amide bonds. The quantitative estimate of drug-likeness (QED) is 0.267. The average Bonchev–Trinajstić information content (AvgIpc) is 2.65. The molecule has 1 aromatic carbocycles. The summed E-state index contributed by atoms with van der Waals surface area (Å²) in [6.07, 6.45) is 11.1. The number of nitrogens with one attached hydrogen (secondary N) is 1. The van der Waals surface area contributed by atoms with Gasteiger partial charge in [0, 0.05) is 18.4 Å². The minimum Gasteiger partial charge on any atom is -0.388 e. The fourth-order valence-corrected chi connectivity index (χ4v) is 5.05. The number of aliphatic hydroxyl groups excluding tert-OH is 1. The van der Waals surface area contributed by atoms with Crippen molar-refractivity contribution in [1.82, 2.24) is 5.43 Å². The van der Waals surface area contributed by atoms with E-state index >= 15 is 0 Å². The van der Waals surface area contributed by atoms with E-state index in [1.54, 1.807) is 12.1 Å². The molecule has 0 aromatic heterocycles. The zero-order valence-corrected chi connectivity index (χ0v) is 18.6. The van der Waals surface area contributed by atoms with E-state index in [9.17, 15) is 18.3 Å². The number of hydrazine groups is 1. The Morgan fingerprint density at radius 1 is 1.17 bits per heavy atom. The Hall–Kier alpha value is -1.44. The summed E-state index contributed by atoms with van der Waals surface area (Å²) in [5.74, 6) is 0. The lowest BCUT2D eigenvalue weighted by atomic mass is 9.61. The average molecular weight is 425 g/mol. The summed E-state index contributed by atoms with van der Waals surface area (Å²) < 4.78 is 25.7. The van der Waals surface area contributed by atoms with Crippen LogP contribution >= 0.6 is 0 Å². The van der Waals surface area contributed by atoms with Crippen molar-refractivity contribution in [3.63, 3.8) is 0 Å². The van der Waals surface area contributed by atoms with Crippen LogP contribution in [0.4, 0.5) is 5.69 Å². The molecule has 1 aromatic rings. The summed E-state index contributed by atoms with van der Waals surface area (Å²) in [4.78, 5) is 10.3. The number of unbranched alkanes of at least 4 members (excludes halogenated alkanes) is 4. The predicted octanol–water partition coefficient (Wildman–Crippen LogP) is 4.11. The van der Waals surface area contributed by atoms with Gasteiger partial charge in [-0.2, -0.15) is 0 Å². The van der Waals surface area contributed by atoms with Crippen LogP contribution in [0.2, 0.25) is 0 Å². The number of anilines is 1. The van der Waals surface area contributed by atoms with Crippen LogP contribution in [0.15, 0.2) is 24.3 Å². The van der Waals surface area contributed by atoms with Crippen molar-refractivity contribution in [3.8, 4) is 0 Å². The Kier molecular flexibility index (Phi) is 9.11. The summed E-state index contributed by atoms with van der Waals surface area (Å²) >= 11 is 0. The smallest absolute Gasteiger partial charge is 0.245 e. The van der Waals surface area contributed by atoms with Crippen LogP contribution in [-0.4, -0.2) is 32.6 Å². The minimum atomic E-state index is -3.47. The predicted molar refractivity (Wildman–Crippen MR) is 117 cm³/mol. The fraction of sp³-hybridized carbons (Fsp3) is 0.682. The van der Waals surface area contributed by atoms with E-state index in [0.717, 1.165) is 69.6 Å². The molecule has 0 heterocycles. The van der Waals surface area contributed by atoms with Gasteiger partial charge in [-0.25, -0.2) is 18.3 Å². The van der Waals surface area contributed by atoms with Crippen LogP contribution in [-0.2, 0) is 14.8 Å². The molecule has 0 saturated heterocycles. The first-order chi connectivity index (χ1) is 13.8. The van der Waals surface area contributed by atoms with E-state index < -0.39 is 16.1 Å². The van der Waals surface area contributed by atoms with Gasteiger partial charge in [-0.3, -0.25) is 0 Å². The van der Waals surface area contributed by atoms with Crippen LogP contribution in [0.3, 0.4) is 0 Å². The van der Waals surface area contributed by atoms with E-state index in [0.29, 0.717) is 18.7 Å². The van der Waals surface area contributed by atoms with Crippen LogP contribution in [0.1, 0.15) is 82.8 Å². The number of hydrogen-bond donors (Lipinski definition) is 2. The lowest BCUT2D eigenvalue weighted by molar-refractivity contribution is -0.107. The number of rotatable bonds is 14. The van der Waals surface area contributed by atoms with E-state index in [1.807, 2.05) is 12.1 Å². The molecule has 2 rings (SSSR count). The zero-order valence-electron chi connectivity index (χ0n) is 17.8.